The summed E-state index contributed by atoms with van der Waals surface area (Å²) in [5, 5.41) is 12.7. The Hall–Kier alpha value is -2.04. The first-order valence-electron chi connectivity index (χ1n) is 7.14. The normalized spacial score (nSPS) is 21.4. The molecule has 1 unspecified atom stereocenters. The van der Waals surface area contributed by atoms with E-state index in [0.29, 0.717) is 18.8 Å². The van der Waals surface area contributed by atoms with E-state index in [1.807, 2.05) is 51.1 Å². The van der Waals surface area contributed by atoms with Gasteiger partial charge in [-0.15, -0.1) is 0 Å². The van der Waals surface area contributed by atoms with Crippen molar-refractivity contribution in [3.8, 4) is 0 Å². The van der Waals surface area contributed by atoms with Crippen LogP contribution in [0.2, 0.25) is 0 Å². The standard InChI is InChI=1S/C16H22N2O3/c1-16(2,3)21-15(19)18-10-9-13(14(11-18)17-20)12-7-5-4-6-8-12/h4-8,13,20H,9-11H2,1-3H3. The van der Waals surface area contributed by atoms with Crippen molar-refractivity contribution in [1.82, 2.24) is 4.90 Å². The van der Waals surface area contributed by atoms with Crippen molar-refractivity contribution >= 4 is 11.8 Å². The Balaban J connectivity index is 2.07. The minimum absolute atomic E-state index is 0.0508. The molecule has 0 saturated carbocycles. The van der Waals surface area contributed by atoms with E-state index in [9.17, 15) is 10.0 Å². The molecule has 0 spiro atoms. The number of hydrogen-bond donors (Lipinski definition) is 1. The number of likely N-dealkylation sites (tertiary alicyclic amines) is 1. The Morgan fingerprint density at radius 1 is 1.33 bits per heavy atom. The highest BCUT2D eigenvalue weighted by Crippen LogP contribution is 2.27. The lowest BCUT2D eigenvalue weighted by Crippen LogP contribution is -2.45. The molecule has 114 valence electrons. The largest absolute Gasteiger partial charge is 0.444 e. The van der Waals surface area contributed by atoms with Gasteiger partial charge < -0.3 is 14.8 Å². The van der Waals surface area contributed by atoms with Crippen LogP contribution in [0.25, 0.3) is 0 Å². The number of benzene rings is 1. The van der Waals surface area contributed by atoms with Gasteiger partial charge in [0.2, 0.25) is 0 Å². The molecule has 5 heteroatoms. The smallest absolute Gasteiger partial charge is 0.410 e. The van der Waals surface area contributed by atoms with Crippen LogP contribution in [0.5, 0.6) is 0 Å². The first-order chi connectivity index (χ1) is 9.90. The third-order valence-electron chi connectivity index (χ3n) is 3.42. The fourth-order valence-corrected chi connectivity index (χ4v) is 2.46. The van der Waals surface area contributed by atoms with Gasteiger partial charge in [-0.05, 0) is 32.8 Å². The fraction of sp³-hybridized carbons (Fsp3) is 0.500. The first kappa shape index (κ1) is 15.4. The van der Waals surface area contributed by atoms with Gasteiger partial charge in [0.15, 0.2) is 0 Å². The number of carbonyl (C=O) groups is 1. The summed E-state index contributed by atoms with van der Waals surface area (Å²) in [5.74, 6) is 0.0508. The molecule has 1 aliphatic rings. The van der Waals surface area contributed by atoms with Crippen LogP contribution in [0.1, 0.15) is 38.7 Å². The van der Waals surface area contributed by atoms with Gasteiger partial charge in [-0.3, -0.25) is 0 Å². The molecule has 0 radical (unpaired) electrons. The highest BCUT2D eigenvalue weighted by atomic mass is 16.6. The summed E-state index contributed by atoms with van der Waals surface area (Å²) in [7, 11) is 0. The summed E-state index contributed by atoms with van der Waals surface area (Å²) in [6, 6.07) is 9.90. The summed E-state index contributed by atoms with van der Waals surface area (Å²) in [6.07, 6.45) is 0.359. The molecule has 1 heterocycles. The zero-order valence-electron chi connectivity index (χ0n) is 12.7. The molecule has 1 aromatic rings. The van der Waals surface area contributed by atoms with E-state index in [1.165, 1.54) is 0 Å². The van der Waals surface area contributed by atoms with Crippen LogP contribution in [0, 0.1) is 0 Å². The number of oxime groups is 1. The van der Waals surface area contributed by atoms with Crippen LogP contribution in [-0.2, 0) is 4.74 Å². The summed E-state index contributed by atoms with van der Waals surface area (Å²) in [6.45, 7) is 6.40. The van der Waals surface area contributed by atoms with E-state index >= 15 is 0 Å². The minimum atomic E-state index is -0.524. The summed E-state index contributed by atoms with van der Waals surface area (Å²) < 4.78 is 5.36. The average molecular weight is 290 g/mol. The summed E-state index contributed by atoms with van der Waals surface area (Å²) in [4.78, 5) is 13.7. The predicted octanol–water partition coefficient (Wildman–Crippen LogP) is 3.24. The average Bonchev–Trinajstić information content (AvgIpc) is 2.45. The van der Waals surface area contributed by atoms with E-state index in [0.717, 1.165) is 12.0 Å². The van der Waals surface area contributed by atoms with Crippen LogP contribution in [0.4, 0.5) is 4.79 Å². The van der Waals surface area contributed by atoms with Crippen LogP contribution in [0.3, 0.4) is 0 Å². The molecule has 1 N–H and O–H groups in total. The summed E-state index contributed by atoms with van der Waals surface area (Å²) in [5.41, 5.74) is 1.18. The van der Waals surface area contributed by atoms with Crippen molar-refractivity contribution in [3.63, 3.8) is 0 Å². The highest BCUT2D eigenvalue weighted by molar-refractivity contribution is 5.95. The minimum Gasteiger partial charge on any atom is -0.444 e. The van der Waals surface area contributed by atoms with Crippen LogP contribution in [-0.4, -0.2) is 40.6 Å². The topological polar surface area (TPSA) is 62.1 Å². The lowest BCUT2D eigenvalue weighted by molar-refractivity contribution is 0.0261. The van der Waals surface area contributed by atoms with Gasteiger partial charge in [-0.25, -0.2) is 4.79 Å². The fourth-order valence-electron chi connectivity index (χ4n) is 2.46. The molecule has 0 aliphatic carbocycles. The third kappa shape index (κ3) is 3.97. The molecule has 2 rings (SSSR count). The van der Waals surface area contributed by atoms with Crippen LogP contribution in [0.15, 0.2) is 35.5 Å². The number of amides is 1. The van der Waals surface area contributed by atoms with Crippen molar-refractivity contribution < 1.29 is 14.7 Å². The van der Waals surface area contributed by atoms with Crippen LogP contribution < -0.4 is 0 Å². The quantitative estimate of drug-likeness (QED) is 0.638. The zero-order valence-corrected chi connectivity index (χ0v) is 12.7. The number of piperidine rings is 1. The molecule has 21 heavy (non-hydrogen) atoms. The molecular weight excluding hydrogens is 268 g/mol. The SMILES string of the molecule is CC(C)(C)OC(=O)N1CCC(c2ccccc2)C(=NO)C1. The van der Waals surface area contributed by atoms with Crippen molar-refractivity contribution in [2.24, 2.45) is 5.16 Å². The molecule has 1 amide bonds. The molecule has 1 aromatic carbocycles. The Bertz CT molecular complexity index is 520. The van der Waals surface area contributed by atoms with Crippen LogP contribution >= 0.6 is 0 Å². The maximum Gasteiger partial charge on any atom is 0.410 e. The lowest BCUT2D eigenvalue weighted by atomic mass is 9.88. The third-order valence-corrected chi connectivity index (χ3v) is 3.42. The van der Waals surface area contributed by atoms with Crippen molar-refractivity contribution in [1.29, 1.82) is 0 Å². The van der Waals surface area contributed by atoms with E-state index in [4.69, 9.17) is 4.74 Å². The number of nitrogens with zero attached hydrogens (tertiary/aromatic N) is 2. The van der Waals surface area contributed by atoms with Gasteiger partial charge >= 0.3 is 6.09 Å². The van der Waals surface area contributed by atoms with Gasteiger partial charge in [-0.2, -0.15) is 0 Å². The van der Waals surface area contributed by atoms with E-state index in [-0.39, 0.29) is 12.0 Å². The zero-order chi connectivity index (χ0) is 15.5. The Morgan fingerprint density at radius 2 is 2.00 bits per heavy atom. The lowest BCUT2D eigenvalue weighted by Gasteiger charge is -2.34. The molecule has 1 fully saturated rings. The second-order valence-corrected chi connectivity index (χ2v) is 6.25. The molecule has 1 aliphatic heterocycles. The number of carbonyl (C=O) groups excluding carboxylic acids is 1. The maximum atomic E-state index is 12.1. The van der Waals surface area contributed by atoms with Gasteiger partial charge in [0, 0.05) is 12.5 Å². The van der Waals surface area contributed by atoms with Gasteiger partial charge in [0.1, 0.15) is 5.60 Å². The molecule has 1 atom stereocenters. The number of rotatable bonds is 1. The van der Waals surface area contributed by atoms with E-state index in [1.54, 1.807) is 4.90 Å². The van der Waals surface area contributed by atoms with Gasteiger partial charge in [0.25, 0.3) is 0 Å². The summed E-state index contributed by atoms with van der Waals surface area (Å²) >= 11 is 0. The first-order valence-corrected chi connectivity index (χ1v) is 7.14. The number of hydrogen-bond acceptors (Lipinski definition) is 4. The van der Waals surface area contributed by atoms with E-state index < -0.39 is 5.60 Å². The Labute approximate surface area is 125 Å². The maximum absolute atomic E-state index is 12.1. The number of ether oxygens (including phenoxy) is 1. The van der Waals surface area contributed by atoms with Crippen molar-refractivity contribution in [3.05, 3.63) is 35.9 Å². The molecular formula is C16H22N2O3. The predicted molar refractivity (Wildman–Crippen MR) is 80.8 cm³/mol. The molecule has 5 nitrogen and oxygen atoms in total. The van der Waals surface area contributed by atoms with Gasteiger partial charge in [0.05, 0.1) is 12.3 Å². The Morgan fingerprint density at radius 3 is 2.57 bits per heavy atom. The van der Waals surface area contributed by atoms with E-state index in [2.05, 4.69) is 5.16 Å². The highest BCUT2D eigenvalue weighted by Gasteiger charge is 2.31. The molecule has 0 aromatic heterocycles. The Kier molecular flexibility index (Phi) is 4.50. The van der Waals surface area contributed by atoms with Crippen molar-refractivity contribution in [2.45, 2.75) is 38.7 Å². The second kappa shape index (κ2) is 6.16. The molecule has 0 bridgehead atoms. The van der Waals surface area contributed by atoms with Gasteiger partial charge in [-0.1, -0.05) is 35.5 Å². The monoisotopic (exact) mass is 290 g/mol. The van der Waals surface area contributed by atoms with Crippen molar-refractivity contribution in [2.75, 3.05) is 13.1 Å². The molecule has 1 saturated heterocycles. The second-order valence-electron chi connectivity index (χ2n) is 6.25.